The van der Waals surface area contributed by atoms with E-state index in [9.17, 15) is 9.90 Å². The predicted octanol–water partition coefficient (Wildman–Crippen LogP) is 2.92. The lowest BCUT2D eigenvalue weighted by atomic mass is 9.99. The quantitative estimate of drug-likeness (QED) is 0.881. The highest BCUT2D eigenvalue weighted by Gasteiger charge is 2.24. The van der Waals surface area contributed by atoms with Gasteiger partial charge in [-0.1, -0.05) is 48.5 Å². The number of nitrogens with zero attached hydrogens (tertiary/aromatic N) is 2. The number of hydrogen-bond acceptors (Lipinski definition) is 3. The normalized spacial score (nSPS) is 18.0. The van der Waals surface area contributed by atoms with Crippen LogP contribution >= 0.6 is 0 Å². The molecule has 4 heteroatoms. The molecule has 2 aromatic rings. The monoisotopic (exact) mass is 338 g/mol. The highest BCUT2D eigenvalue weighted by molar-refractivity contribution is 5.94. The third kappa shape index (κ3) is 4.91. The zero-order valence-electron chi connectivity index (χ0n) is 14.6. The molecule has 0 aliphatic carbocycles. The van der Waals surface area contributed by atoms with Crippen LogP contribution in [0.2, 0.25) is 0 Å². The third-order valence-electron chi connectivity index (χ3n) is 4.77. The van der Waals surface area contributed by atoms with Gasteiger partial charge in [-0.25, -0.2) is 0 Å². The second kappa shape index (κ2) is 8.79. The van der Waals surface area contributed by atoms with E-state index in [4.69, 9.17) is 0 Å². The Kier molecular flexibility index (Phi) is 6.20. The highest BCUT2D eigenvalue weighted by atomic mass is 16.3. The first-order chi connectivity index (χ1) is 12.3. The first kappa shape index (κ1) is 17.6. The lowest BCUT2D eigenvalue weighted by Gasteiger charge is -2.33. The summed E-state index contributed by atoms with van der Waals surface area (Å²) >= 11 is 0. The molecule has 0 saturated carbocycles. The van der Waals surface area contributed by atoms with Crippen LogP contribution in [0.25, 0.3) is 0 Å². The molecule has 0 bridgehead atoms. The number of likely N-dealkylation sites (tertiary alicyclic amines) is 1. The van der Waals surface area contributed by atoms with Gasteiger partial charge in [0.1, 0.15) is 0 Å². The molecule has 25 heavy (non-hydrogen) atoms. The van der Waals surface area contributed by atoms with Gasteiger partial charge in [0.2, 0.25) is 5.91 Å². The maximum atomic E-state index is 13.0. The second-order valence-corrected chi connectivity index (χ2v) is 6.73. The van der Waals surface area contributed by atoms with Gasteiger partial charge in [0, 0.05) is 18.8 Å². The number of carbonyl (C=O) groups is 1. The maximum absolute atomic E-state index is 13.0. The Labute approximate surface area is 149 Å². The minimum absolute atomic E-state index is 0.105. The molecule has 4 nitrogen and oxygen atoms in total. The number of carbonyl (C=O) groups excluding carboxylic acids is 1. The van der Waals surface area contributed by atoms with Gasteiger partial charge in [-0.15, -0.1) is 0 Å². The van der Waals surface area contributed by atoms with Crippen molar-refractivity contribution < 1.29 is 9.90 Å². The van der Waals surface area contributed by atoms with Crippen molar-refractivity contribution in [1.29, 1.82) is 0 Å². The maximum Gasteiger partial charge on any atom is 0.241 e. The molecule has 1 saturated heterocycles. The Bertz CT molecular complexity index is 660. The number of amides is 1. The summed E-state index contributed by atoms with van der Waals surface area (Å²) in [5.41, 5.74) is 2.04. The number of benzene rings is 2. The fourth-order valence-corrected chi connectivity index (χ4v) is 3.42. The van der Waals surface area contributed by atoms with Crippen molar-refractivity contribution in [3.63, 3.8) is 0 Å². The zero-order valence-corrected chi connectivity index (χ0v) is 14.6. The molecule has 1 N–H and O–H groups in total. The van der Waals surface area contributed by atoms with Gasteiger partial charge in [-0.05, 0) is 43.0 Å². The molecule has 1 unspecified atom stereocenters. The zero-order chi connectivity index (χ0) is 17.5. The van der Waals surface area contributed by atoms with Crippen molar-refractivity contribution in [1.82, 2.24) is 4.90 Å². The molecule has 1 atom stereocenters. The van der Waals surface area contributed by atoms with Gasteiger partial charge >= 0.3 is 0 Å². The van der Waals surface area contributed by atoms with Crippen molar-refractivity contribution in [3.05, 3.63) is 66.2 Å². The third-order valence-corrected chi connectivity index (χ3v) is 4.77. The lowest BCUT2D eigenvalue weighted by Crippen LogP contribution is -2.44. The van der Waals surface area contributed by atoms with Crippen LogP contribution < -0.4 is 4.90 Å². The van der Waals surface area contributed by atoms with Crippen molar-refractivity contribution in [2.75, 3.05) is 31.1 Å². The van der Waals surface area contributed by atoms with E-state index in [1.165, 1.54) is 0 Å². The average molecular weight is 338 g/mol. The molecular weight excluding hydrogens is 312 g/mol. The second-order valence-electron chi connectivity index (χ2n) is 6.73. The van der Waals surface area contributed by atoms with Crippen LogP contribution in [-0.4, -0.2) is 42.2 Å². The summed E-state index contributed by atoms with van der Waals surface area (Å²) in [5, 5.41) is 9.40. The van der Waals surface area contributed by atoms with Crippen molar-refractivity contribution >= 4 is 11.6 Å². The Morgan fingerprint density at radius 2 is 1.76 bits per heavy atom. The van der Waals surface area contributed by atoms with E-state index in [-0.39, 0.29) is 12.5 Å². The summed E-state index contributed by atoms with van der Waals surface area (Å²) in [6, 6.07) is 19.9. The largest absolute Gasteiger partial charge is 0.396 e. The van der Waals surface area contributed by atoms with Gasteiger partial charge in [0.15, 0.2) is 0 Å². The van der Waals surface area contributed by atoms with Crippen LogP contribution in [0.4, 0.5) is 5.69 Å². The van der Waals surface area contributed by atoms with Crippen LogP contribution in [-0.2, 0) is 11.3 Å². The summed E-state index contributed by atoms with van der Waals surface area (Å²) in [4.78, 5) is 17.1. The van der Waals surface area contributed by atoms with E-state index in [1.807, 2.05) is 65.6 Å². The van der Waals surface area contributed by atoms with Crippen molar-refractivity contribution in [3.8, 4) is 0 Å². The van der Waals surface area contributed by atoms with E-state index in [0.717, 1.165) is 37.2 Å². The number of hydrogen-bond donors (Lipinski definition) is 1. The van der Waals surface area contributed by atoms with Crippen LogP contribution in [0.3, 0.4) is 0 Å². The lowest BCUT2D eigenvalue weighted by molar-refractivity contribution is -0.120. The number of anilines is 1. The summed E-state index contributed by atoms with van der Waals surface area (Å²) in [5.74, 6) is 0.398. The standard InChI is InChI=1S/C21H26N2O2/c24-17-19-10-7-13-22(14-19)16-21(25)23(20-11-5-2-6-12-20)15-18-8-3-1-4-9-18/h1-6,8-9,11-12,19,24H,7,10,13-17H2. The number of para-hydroxylation sites is 1. The summed E-state index contributed by atoms with van der Waals surface area (Å²) in [7, 11) is 0. The van der Waals surface area contributed by atoms with Gasteiger partial charge in [-0.2, -0.15) is 0 Å². The van der Waals surface area contributed by atoms with Crippen LogP contribution in [0.1, 0.15) is 18.4 Å². The first-order valence-corrected chi connectivity index (χ1v) is 8.99. The molecule has 1 amide bonds. The molecule has 2 aromatic carbocycles. The highest BCUT2D eigenvalue weighted by Crippen LogP contribution is 2.20. The Morgan fingerprint density at radius 1 is 1.08 bits per heavy atom. The number of piperidine rings is 1. The van der Waals surface area contributed by atoms with Crippen LogP contribution in [0.15, 0.2) is 60.7 Å². The molecular formula is C21H26N2O2. The molecule has 1 aliphatic heterocycles. The van der Waals surface area contributed by atoms with Crippen LogP contribution in [0, 0.1) is 5.92 Å². The van der Waals surface area contributed by atoms with E-state index >= 15 is 0 Å². The molecule has 3 rings (SSSR count). The minimum atomic E-state index is 0.105. The van der Waals surface area contributed by atoms with Crippen molar-refractivity contribution in [2.24, 2.45) is 5.92 Å². The molecule has 0 spiro atoms. The molecule has 0 aromatic heterocycles. The summed E-state index contributed by atoms with van der Waals surface area (Å²) in [6.45, 7) is 2.91. The average Bonchev–Trinajstić information content (AvgIpc) is 2.67. The fourth-order valence-electron chi connectivity index (χ4n) is 3.42. The Hall–Kier alpha value is -2.17. The Morgan fingerprint density at radius 3 is 2.44 bits per heavy atom. The SMILES string of the molecule is O=C(CN1CCCC(CO)C1)N(Cc1ccccc1)c1ccccc1. The number of aliphatic hydroxyl groups is 1. The molecule has 1 aliphatic rings. The molecule has 132 valence electrons. The van der Waals surface area contributed by atoms with Gasteiger partial charge < -0.3 is 10.0 Å². The summed E-state index contributed by atoms with van der Waals surface area (Å²) in [6.07, 6.45) is 2.09. The number of rotatable bonds is 6. The summed E-state index contributed by atoms with van der Waals surface area (Å²) < 4.78 is 0. The van der Waals surface area contributed by atoms with Gasteiger partial charge in [0.25, 0.3) is 0 Å². The number of aliphatic hydroxyl groups excluding tert-OH is 1. The van der Waals surface area contributed by atoms with E-state index in [1.54, 1.807) is 0 Å². The van der Waals surface area contributed by atoms with E-state index < -0.39 is 0 Å². The smallest absolute Gasteiger partial charge is 0.241 e. The Balaban J connectivity index is 1.73. The minimum Gasteiger partial charge on any atom is -0.396 e. The molecule has 1 heterocycles. The van der Waals surface area contributed by atoms with Crippen LogP contribution in [0.5, 0.6) is 0 Å². The predicted molar refractivity (Wildman–Crippen MR) is 100 cm³/mol. The topological polar surface area (TPSA) is 43.8 Å². The fraction of sp³-hybridized carbons (Fsp3) is 0.381. The van der Waals surface area contributed by atoms with Gasteiger partial charge in [0.05, 0.1) is 13.1 Å². The van der Waals surface area contributed by atoms with E-state index in [2.05, 4.69) is 4.90 Å². The first-order valence-electron chi connectivity index (χ1n) is 8.99. The molecule has 1 fully saturated rings. The van der Waals surface area contributed by atoms with Gasteiger partial charge in [-0.3, -0.25) is 9.69 Å². The van der Waals surface area contributed by atoms with E-state index in [0.29, 0.717) is 19.0 Å². The van der Waals surface area contributed by atoms with Crippen molar-refractivity contribution in [2.45, 2.75) is 19.4 Å². The molecule has 0 radical (unpaired) electrons.